The molecule has 0 unspecified atom stereocenters. The molecule has 1 heterocycles. The number of hydrazine groups is 1. The molecule has 0 saturated carbocycles. The highest BCUT2D eigenvalue weighted by molar-refractivity contribution is 7.89. The minimum atomic E-state index is -3.80. The van der Waals surface area contributed by atoms with Crippen LogP contribution in [0.25, 0.3) is 0 Å². The van der Waals surface area contributed by atoms with Gasteiger partial charge in [0.15, 0.2) is 0 Å². The molecule has 1 aromatic carbocycles. The van der Waals surface area contributed by atoms with Gasteiger partial charge in [-0.2, -0.15) is 0 Å². The van der Waals surface area contributed by atoms with E-state index in [9.17, 15) is 13.2 Å². The molecule has 0 fully saturated rings. The van der Waals surface area contributed by atoms with Crippen molar-refractivity contribution in [3.05, 3.63) is 50.7 Å². The van der Waals surface area contributed by atoms with Gasteiger partial charge in [0.2, 0.25) is 0 Å². The SMILES string of the molecule is Cc1ccc(C)c(S(=O)(=O)NNC(=O)c2cc3c(s2)CCCCC3)c1. The van der Waals surface area contributed by atoms with Crippen LogP contribution in [0.5, 0.6) is 0 Å². The molecule has 1 aliphatic carbocycles. The van der Waals surface area contributed by atoms with Crippen LogP contribution in [0.15, 0.2) is 29.2 Å². The Bertz CT molecular complexity index is 878. The molecule has 0 atom stereocenters. The second-order valence-electron chi connectivity index (χ2n) is 6.45. The number of carbonyl (C=O) groups excluding carboxylic acids is 1. The number of amides is 1. The first-order chi connectivity index (χ1) is 11.9. The van der Waals surface area contributed by atoms with Crippen LogP contribution >= 0.6 is 11.3 Å². The third kappa shape index (κ3) is 4.11. The number of benzene rings is 1. The molecule has 0 saturated heterocycles. The summed E-state index contributed by atoms with van der Waals surface area (Å²) in [6.45, 7) is 3.56. The first-order valence-corrected chi connectivity index (χ1v) is 10.7. The van der Waals surface area contributed by atoms with Crippen LogP contribution in [-0.2, 0) is 22.9 Å². The molecule has 0 radical (unpaired) electrons. The molecule has 3 rings (SSSR count). The summed E-state index contributed by atoms with van der Waals surface area (Å²) >= 11 is 1.46. The fourth-order valence-electron chi connectivity index (χ4n) is 3.01. The summed E-state index contributed by atoms with van der Waals surface area (Å²) in [5.41, 5.74) is 5.05. The van der Waals surface area contributed by atoms with Gasteiger partial charge in [-0.15, -0.1) is 16.2 Å². The minimum Gasteiger partial charge on any atom is -0.273 e. The van der Waals surface area contributed by atoms with Gasteiger partial charge >= 0.3 is 0 Å². The number of sulfonamides is 1. The summed E-state index contributed by atoms with van der Waals surface area (Å²) in [7, 11) is -3.80. The van der Waals surface area contributed by atoms with E-state index in [0.717, 1.165) is 31.2 Å². The summed E-state index contributed by atoms with van der Waals surface area (Å²) in [4.78, 5) is 16.5. The molecule has 1 amide bonds. The van der Waals surface area contributed by atoms with Gasteiger partial charge in [-0.25, -0.2) is 8.42 Å². The van der Waals surface area contributed by atoms with Crippen molar-refractivity contribution in [2.75, 3.05) is 0 Å². The molecule has 134 valence electrons. The van der Waals surface area contributed by atoms with Crippen LogP contribution in [0.4, 0.5) is 0 Å². The summed E-state index contributed by atoms with van der Waals surface area (Å²) in [6, 6.07) is 7.09. The van der Waals surface area contributed by atoms with E-state index >= 15 is 0 Å². The smallest absolute Gasteiger partial charge is 0.273 e. The van der Waals surface area contributed by atoms with Crippen molar-refractivity contribution in [2.24, 2.45) is 0 Å². The zero-order chi connectivity index (χ0) is 18.0. The van der Waals surface area contributed by atoms with Crippen LogP contribution in [0.3, 0.4) is 0 Å². The van der Waals surface area contributed by atoms with Gasteiger partial charge in [0, 0.05) is 4.88 Å². The summed E-state index contributed by atoms with van der Waals surface area (Å²) in [5.74, 6) is -0.410. The predicted octanol–water partition coefficient (Wildman–Crippen LogP) is 3.26. The van der Waals surface area contributed by atoms with E-state index in [0.29, 0.717) is 10.4 Å². The van der Waals surface area contributed by atoms with E-state index in [1.807, 2.05) is 19.1 Å². The number of fused-ring (bicyclic) bond motifs is 1. The standard InChI is InChI=1S/C18H22N2O3S2/c1-12-8-9-13(2)17(10-12)25(22,23)20-19-18(21)16-11-14-6-4-3-5-7-15(14)24-16/h8-11,20H,3-7H2,1-2H3,(H,19,21). The number of carbonyl (C=O) groups is 1. The van der Waals surface area contributed by atoms with Crippen molar-refractivity contribution in [1.29, 1.82) is 0 Å². The molecule has 7 heteroatoms. The van der Waals surface area contributed by atoms with Crippen molar-refractivity contribution < 1.29 is 13.2 Å². The Morgan fingerprint density at radius 2 is 1.84 bits per heavy atom. The fourth-order valence-corrected chi connectivity index (χ4v) is 5.33. The van der Waals surface area contributed by atoms with Crippen molar-refractivity contribution in [2.45, 2.75) is 50.8 Å². The minimum absolute atomic E-state index is 0.176. The number of nitrogens with one attached hydrogen (secondary N) is 2. The average molecular weight is 379 g/mol. The molecule has 1 aliphatic rings. The van der Waals surface area contributed by atoms with Crippen molar-refractivity contribution in [3.63, 3.8) is 0 Å². The predicted molar refractivity (Wildman–Crippen MR) is 99.3 cm³/mol. The Hall–Kier alpha value is -1.70. The van der Waals surface area contributed by atoms with Gasteiger partial charge in [-0.3, -0.25) is 10.2 Å². The van der Waals surface area contributed by atoms with Gasteiger partial charge in [0.1, 0.15) is 0 Å². The Morgan fingerprint density at radius 1 is 1.08 bits per heavy atom. The van der Waals surface area contributed by atoms with Crippen molar-refractivity contribution in [3.8, 4) is 0 Å². The second kappa shape index (κ2) is 7.27. The molecular formula is C18H22N2O3S2. The Morgan fingerprint density at radius 3 is 2.64 bits per heavy atom. The Kier molecular flexibility index (Phi) is 5.27. The highest BCUT2D eigenvalue weighted by Gasteiger charge is 2.20. The maximum absolute atomic E-state index is 12.5. The summed E-state index contributed by atoms with van der Waals surface area (Å²) < 4.78 is 24.9. The van der Waals surface area contributed by atoms with E-state index in [-0.39, 0.29) is 4.90 Å². The third-order valence-electron chi connectivity index (χ3n) is 4.40. The molecule has 0 bridgehead atoms. The van der Waals surface area contributed by atoms with Gasteiger partial charge in [0.25, 0.3) is 15.9 Å². The molecule has 2 N–H and O–H groups in total. The van der Waals surface area contributed by atoms with E-state index in [1.54, 1.807) is 19.1 Å². The van der Waals surface area contributed by atoms with E-state index in [4.69, 9.17) is 0 Å². The second-order valence-corrected chi connectivity index (χ2v) is 9.24. The van der Waals surface area contributed by atoms with E-state index in [1.165, 1.54) is 28.2 Å². The summed E-state index contributed by atoms with van der Waals surface area (Å²) in [5, 5.41) is 0. The van der Waals surface area contributed by atoms with Crippen LogP contribution in [0.2, 0.25) is 0 Å². The van der Waals surface area contributed by atoms with Gasteiger partial charge < -0.3 is 0 Å². The highest BCUT2D eigenvalue weighted by atomic mass is 32.2. The van der Waals surface area contributed by atoms with Crippen molar-refractivity contribution >= 4 is 27.3 Å². The number of hydrogen-bond donors (Lipinski definition) is 2. The quantitative estimate of drug-likeness (QED) is 0.633. The van der Waals surface area contributed by atoms with E-state index < -0.39 is 15.9 Å². The maximum atomic E-state index is 12.5. The maximum Gasteiger partial charge on any atom is 0.276 e. The number of hydrogen-bond acceptors (Lipinski definition) is 4. The number of aryl methyl sites for hydroxylation is 4. The van der Waals surface area contributed by atoms with Crippen LogP contribution in [0, 0.1) is 13.8 Å². The molecular weight excluding hydrogens is 356 g/mol. The topological polar surface area (TPSA) is 75.3 Å². The lowest BCUT2D eigenvalue weighted by Crippen LogP contribution is -2.41. The van der Waals surface area contributed by atoms with E-state index in [2.05, 4.69) is 10.3 Å². The molecule has 1 aromatic heterocycles. The third-order valence-corrected chi connectivity index (χ3v) is 7.03. The average Bonchev–Trinajstić information content (AvgIpc) is 2.86. The molecule has 25 heavy (non-hydrogen) atoms. The zero-order valence-electron chi connectivity index (χ0n) is 14.4. The number of rotatable bonds is 4. The highest BCUT2D eigenvalue weighted by Crippen LogP contribution is 2.28. The summed E-state index contributed by atoms with van der Waals surface area (Å²) in [6.07, 6.45) is 5.51. The Labute approximate surface area is 152 Å². The largest absolute Gasteiger partial charge is 0.276 e. The molecule has 0 spiro atoms. The normalized spacial score (nSPS) is 14.6. The monoisotopic (exact) mass is 378 g/mol. The van der Waals surface area contributed by atoms with Gasteiger partial charge in [0.05, 0.1) is 9.77 Å². The molecule has 0 aliphatic heterocycles. The van der Waals surface area contributed by atoms with Crippen molar-refractivity contribution in [1.82, 2.24) is 10.3 Å². The fraction of sp³-hybridized carbons (Fsp3) is 0.389. The Balaban J connectivity index is 1.72. The van der Waals surface area contributed by atoms with Crippen LogP contribution < -0.4 is 10.3 Å². The first kappa shape index (κ1) is 18.1. The van der Waals surface area contributed by atoms with Crippen LogP contribution in [0.1, 0.15) is 50.5 Å². The lowest BCUT2D eigenvalue weighted by atomic mass is 10.1. The lowest BCUT2D eigenvalue weighted by Gasteiger charge is -2.10. The lowest BCUT2D eigenvalue weighted by molar-refractivity contribution is 0.0949. The molecule has 5 nitrogen and oxygen atoms in total. The van der Waals surface area contributed by atoms with Gasteiger partial charge in [-0.1, -0.05) is 18.6 Å². The van der Waals surface area contributed by atoms with Crippen LogP contribution in [-0.4, -0.2) is 14.3 Å². The number of thiophene rings is 1. The first-order valence-electron chi connectivity index (χ1n) is 8.38. The molecule has 2 aromatic rings. The zero-order valence-corrected chi connectivity index (χ0v) is 16.0. The van der Waals surface area contributed by atoms with Gasteiger partial charge in [-0.05, 0) is 68.4 Å².